The average molecular weight is 338 g/mol. The van der Waals surface area contributed by atoms with E-state index in [1.807, 2.05) is 0 Å². The van der Waals surface area contributed by atoms with Crippen LogP contribution in [0.3, 0.4) is 0 Å². The van der Waals surface area contributed by atoms with Gasteiger partial charge >= 0.3 is 50.5 Å². The quantitative estimate of drug-likeness (QED) is 0.278. The van der Waals surface area contributed by atoms with Gasteiger partial charge in [0.25, 0.3) is 0 Å². The molecule has 0 aliphatic carbocycles. The van der Waals surface area contributed by atoms with Gasteiger partial charge in [0, 0.05) is 0 Å². The van der Waals surface area contributed by atoms with Crippen LogP contribution in [0.1, 0.15) is 90.9 Å². The second-order valence-electron chi connectivity index (χ2n) is 6.00. The van der Waals surface area contributed by atoms with Crippen molar-refractivity contribution in [1.82, 2.24) is 0 Å². The number of hydrogen-bond donors (Lipinski definition) is 1. The number of carboxylic acid groups (broad SMARTS) is 1. The van der Waals surface area contributed by atoms with Crippen molar-refractivity contribution in [1.29, 1.82) is 0 Å². The van der Waals surface area contributed by atoms with E-state index in [2.05, 4.69) is 13.8 Å². The number of carboxylic acids is 1. The molecule has 0 fully saturated rings. The van der Waals surface area contributed by atoms with Gasteiger partial charge in [0.1, 0.15) is 0 Å². The number of hydrogen-bond acceptors (Lipinski definition) is 3. The third-order valence-corrected chi connectivity index (χ3v) is 3.30. The molecule has 0 aliphatic heterocycles. The molecular formula is C18H35NaO4. The predicted octanol–water partition coefficient (Wildman–Crippen LogP) is 4.91. The fourth-order valence-electron chi connectivity index (χ4n) is 2.06. The first-order valence-corrected chi connectivity index (χ1v) is 10.9. The summed E-state index contributed by atoms with van der Waals surface area (Å²) in [5, 5.41) is 8.41. The number of unbranched alkanes of at least 4 members (excludes halogenated alkanes) is 9. The van der Waals surface area contributed by atoms with Crippen LogP contribution < -0.4 is 0 Å². The first-order chi connectivity index (χ1) is 11.1. The number of aliphatic carboxylic acids is 1. The van der Waals surface area contributed by atoms with Crippen LogP contribution in [0, 0.1) is 0 Å². The van der Waals surface area contributed by atoms with Gasteiger partial charge in [-0.25, -0.2) is 0 Å². The molecule has 0 aromatic carbocycles. The molecule has 0 aromatic heterocycles. The fourth-order valence-corrected chi connectivity index (χ4v) is 2.06. The Morgan fingerprint density at radius 3 is 1.70 bits per heavy atom. The summed E-state index contributed by atoms with van der Waals surface area (Å²) >= 11 is 1.37. The topological polar surface area (TPSA) is 63.6 Å². The predicted molar refractivity (Wildman–Crippen MR) is 95.9 cm³/mol. The molecule has 4 nitrogen and oxygen atoms in total. The maximum atomic E-state index is 11.1. The first-order valence-electron chi connectivity index (χ1n) is 9.45. The van der Waals surface area contributed by atoms with E-state index in [9.17, 15) is 9.59 Å². The molecule has 132 valence electrons. The zero-order chi connectivity index (χ0) is 17.8. The summed E-state index contributed by atoms with van der Waals surface area (Å²) in [5.41, 5.74) is 0. The van der Waals surface area contributed by atoms with Crippen LogP contribution in [-0.2, 0) is 14.3 Å². The van der Waals surface area contributed by atoms with Crippen LogP contribution in [0.5, 0.6) is 0 Å². The third kappa shape index (κ3) is 27.1. The average Bonchev–Trinajstić information content (AvgIpc) is 2.51. The molecule has 0 unspecified atom stereocenters. The van der Waals surface area contributed by atoms with Crippen molar-refractivity contribution in [3.05, 3.63) is 0 Å². The van der Waals surface area contributed by atoms with E-state index in [-0.39, 0.29) is 12.8 Å². The molecule has 0 rings (SSSR count). The van der Waals surface area contributed by atoms with E-state index in [1.165, 1.54) is 83.0 Å². The Morgan fingerprint density at radius 2 is 1.26 bits per heavy atom. The third-order valence-electron chi connectivity index (χ3n) is 3.30. The summed E-state index contributed by atoms with van der Waals surface area (Å²) in [7, 11) is 0. The van der Waals surface area contributed by atoms with Gasteiger partial charge in [-0.05, 0) is 6.42 Å². The van der Waals surface area contributed by atoms with Crippen LogP contribution in [0.15, 0.2) is 0 Å². The first kappa shape index (κ1) is 25.2. The normalized spacial score (nSPS) is 9.91. The maximum absolute atomic E-state index is 11.1. The fraction of sp³-hybridized carbons (Fsp3) is 0.889. The Morgan fingerprint density at radius 1 is 0.826 bits per heavy atom. The Labute approximate surface area is 160 Å². The van der Waals surface area contributed by atoms with E-state index < -0.39 is 11.9 Å². The molecule has 0 bridgehead atoms. The summed E-state index contributed by atoms with van der Waals surface area (Å²) in [4.78, 5) is 21.4. The van der Waals surface area contributed by atoms with Crippen molar-refractivity contribution < 1.29 is 19.4 Å². The second-order valence-corrected chi connectivity index (χ2v) is 7.42. The summed E-state index contributed by atoms with van der Waals surface area (Å²) in [5.74, 6) is -1.36. The molecule has 0 aliphatic rings. The van der Waals surface area contributed by atoms with Crippen molar-refractivity contribution in [3.8, 4) is 0 Å². The van der Waals surface area contributed by atoms with Gasteiger partial charge in [0.2, 0.25) is 0 Å². The molecule has 0 amide bonds. The van der Waals surface area contributed by atoms with Crippen molar-refractivity contribution in [2.75, 3.05) is 6.61 Å². The summed E-state index contributed by atoms with van der Waals surface area (Å²) in [6.07, 6.45) is 12.3. The molecule has 1 N–H and O–H groups in total. The van der Waals surface area contributed by atoms with E-state index in [4.69, 9.17) is 9.84 Å². The molecule has 0 saturated carbocycles. The molecule has 5 heteroatoms. The number of carbonyl (C=O) groups excluding carboxylic acids is 1. The molecule has 0 heterocycles. The Bertz CT molecular complexity index is 270. The number of carbonyl (C=O) groups is 2. The number of ether oxygens (including phenoxy) is 1. The molecule has 0 radical (unpaired) electrons. The monoisotopic (exact) mass is 338 g/mol. The van der Waals surface area contributed by atoms with E-state index in [1.54, 1.807) is 0 Å². The van der Waals surface area contributed by atoms with Crippen molar-refractivity contribution in [3.63, 3.8) is 0 Å². The van der Waals surface area contributed by atoms with E-state index in [0.29, 0.717) is 6.61 Å². The van der Waals surface area contributed by atoms with E-state index in [0.717, 1.165) is 12.8 Å². The van der Waals surface area contributed by atoms with Gasteiger partial charge in [-0.1, -0.05) is 64.7 Å². The van der Waals surface area contributed by atoms with Gasteiger partial charge in [-0.3, -0.25) is 9.59 Å². The van der Waals surface area contributed by atoms with Crippen LogP contribution in [0.4, 0.5) is 0 Å². The van der Waals surface area contributed by atoms with Gasteiger partial charge in [-0.2, -0.15) is 0 Å². The molecule has 0 atom stereocenters. The molecule has 0 aromatic rings. The summed E-state index contributed by atoms with van der Waals surface area (Å²) in [6, 6.07) is 0. The van der Waals surface area contributed by atoms with Gasteiger partial charge in [0.15, 0.2) is 0 Å². The van der Waals surface area contributed by atoms with Crippen LogP contribution in [0.25, 0.3) is 0 Å². The van der Waals surface area contributed by atoms with Crippen LogP contribution >= 0.6 is 0 Å². The number of rotatable bonds is 14. The molecule has 0 spiro atoms. The second kappa shape index (κ2) is 21.9. The standard InChI is InChI=1S/C16H30O4.C2H5.Na/c1-2-3-4-5-6-7-8-9-10-11-14-20-16(19)13-12-15(17)18;1-2;/h2-14H2,1H3,(H,17,18);1H2,2H3;. The minimum absolute atomic E-state index is 0.0207. The molecule has 23 heavy (non-hydrogen) atoms. The van der Waals surface area contributed by atoms with Crippen LogP contribution in [-0.4, -0.2) is 51.6 Å². The summed E-state index contributed by atoms with van der Waals surface area (Å²) < 4.78 is 6.35. The zero-order valence-electron chi connectivity index (χ0n) is 15.6. The summed E-state index contributed by atoms with van der Waals surface area (Å²) in [6.45, 7) is 4.84. The Balaban J connectivity index is 0. The van der Waals surface area contributed by atoms with Gasteiger partial charge in [-0.15, -0.1) is 0 Å². The van der Waals surface area contributed by atoms with Crippen LogP contribution in [0.2, 0.25) is 3.67 Å². The Hall–Kier alpha value is -0.0600. The van der Waals surface area contributed by atoms with Gasteiger partial charge in [0.05, 0.1) is 19.4 Å². The van der Waals surface area contributed by atoms with Gasteiger partial charge < -0.3 is 9.84 Å². The Kier molecular flexibility index (Phi) is 24.0. The zero-order valence-corrected chi connectivity index (χ0v) is 17.6. The molecular weight excluding hydrogens is 303 g/mol. The SMILES string of the molecule is CCCCCCCCCCCCOC(=O)CCC(=O)O.C[CH2][Na]. The number of esters is 1. The van der Waals surface area contributed by atoms with Crippen molar-refractivity contribution >= 4 is 39.9 Å². The van der Waals surface area contributed by atoms with Crippen molar-refractivity contribution in [2.24, 2.45) is 0 Å². The molecule has 0 saturated heterocycles. The minimum atomic E-state index is -0.958. The van der Waals surface area contributed by atoms with Crippen molar-refractivity contribution in [2.45, 2.75) is 94.6 Å². The van der Waals surface area contributed by atoms with E-state index >= 15 is 0 Å².